The van der Waals surface area contributed by atoms with E-state index in [1.54, 1.807) is 34.8 Å². The second-order valence-electron chi connectivity index (χ2n) is 8.86. The number of benzene rings is 2. The first-order valence-corrected chi connectivity index (χ1v) is 11.0. The van der Waals surface area contributed by atoms with E-state index in [9.17, 15) is 14.7 Å². The Bertz CT molecular complexity index is 921. The molecule has 0 unspecified atom stereocenters. The Morgan fingerprint density at radius 3 is 2.03 bits per heavy atom. The highest BCUT2D eigenvalue weighted by Gasteiger charge is 2.62. The van der Waals surface area contributed by atoms with E-state index in [2.05, 4.69) is 0 Å². The molecule has 1 aliphatic rings. The maximum absolute atomic E-state index is 13.3. The van der Waals surface area contributed by atoms with Crippen molar-refractivity contribution in [2.75, 3.05) is 7.11 Å². The maximum atomic E-state index is 13.3. The molecule has 1 aliphatic carbocycles. The van der Waals surface area contributed by atoms with Crippen LogP contribution < -0.4 is 4.74 Å². The van der Waals surface area contributed by atoms with E-state index >= 15 is 0 Å². The molecule has 1 N–H and O–H groups in total. The first-order valence-electron chi connectivity index (χ1n) is 11.0. The Morgan fingerprint density at radius 2 is 1.50 bits per heavy atom. The van der Waals surface area contributed by atoms with Gasteiger partial charge in [-0.1, -0.05) is 42.5 Å². The van der Waals surface area contributed by atoms with Crippen molar-refractivity contribution in [3.05, 3.63) is 65.7 Å². The summed E-state index contributed by atoms with van der Waals surface area (Å²) in [4.78, 5) is 26.4. The topological polar surface area (TPSA) is 82.1 Å². The molecule has 0 spiro atoms. The molecule has 32 heavy (non-hydrogen) atoms. The molecule has 2 aromatic rings. The van der Waals surface area contributed by atoms with Crippen molar-refractivity contribution in [1.29, 1.82) is 0 Å². The molecule has 0 aromatic heterocycles. The predicted molar refractivity (Wildman–Crippen MR) is 120 cm³/mol. The second-order valence-corrected chi connectivity index (χ2v) is 8.86. The van der Waals surface area contributed by atoms with E-state index in [1.807, 2.05) is 54.6 Å². The first kappa shape index (κ1) is 23.8. The van der Waals surface area contributed by atoms with Gasteiger partial charge in [0.25, 0.3) is 0 Å². The minimum Gasteiger partial charge on any atom is -0.497 e. The normalized spacial score (nSPS) is 25.1. The molecule has 1 fully saturated rings. The molecular formula is C26H32O6. The van der Waals surface area contributed by atoms with Gasteiger partial charge >= 0.3 is 11.9 Å². The lowest BCUT2D eigenvalue weighted by molar-refractivity contribution is -0.183. The SMILES string of the molecule is COc1ccc([C@@H]2C[C@](O)(C(=O)OC(C)C)[C@@H](C(=O)OC(C)C)[C@@H]2c2ccccc2)cc1. The average Bonchev–Trinajstić information content (AvgIpc) is 3.08. The number of ether oxygens (including phenoxy) is 3. The highest BCUT2D eigenvalue weighted by atomic mass is 16.6. The summed E-state index contributed by atoms with van der Waals surface area (Å²) in [5.74, 6) is -2.58. The van der Waals surface area contributed by atoms with Crippen LogP contribution in [-0.4, -0.2) is 42.0 Å². The van der Waals surface area contributed by atoms with E-state index in [0.717, 1.165) is 11.1 Å². The van der Waals surface area contributed by atoms with Gasteiger partial charge in [0, 0.05) is 5.92 Å². The van der Waals surface area contributed by atoms with Crippen LogP contribution in [0.4, 0.5) is 0 Å². The summed E-state index contributed by atoms with van der Waals surface area (Å²) < 4.78 is 16.2. The molecule has 0 heterocycles. The number of esters is 2. The van der Waals surface area contributed by atoms with Crippen molar-refractivity contribution in [3.63, 3.8) is 0 Å². The van der Waals surface area contributed by atoms with Crippen molar-refractivity contribution in [3.8, 4) is 5.75 Å². The fraction of sp³-hybridized carbons (Fsp3) is 0.462. The Morgan fingerprint density at radius 1 is 0.906 bits per heavy atom. The molecule has 4 atom stereocenters. The van der Waals surface area contributed by atoms with Gasteiger partial charge in [-0.2, -0.15) is 0 Å². The van der Waals surface area contributed by atoms with Crippen LogP contribution in [0.25, 0.3) is 0 Å². The zero-order valence-electron chi connectivity index (χ0n) is 19.3. The summed E-state index contributed by atoms with van der Waals surface area (Å²) in [5, 5.41) is 11.7. The number of hydrogen-bond donors (Lipinski definition) is 1. The van der Waals surface area contributed by atoms with Crippen LogP contribution in [0.2, 0.25) is 0 Å². The monoisotopic (exact) mass is 440 g/mol. The summed E-state index contributed by atoms with van der Waals surface area (Å²) in [7, 11) is 1.59. The van der Waals surface area contributed by atoms with Crippen molar-refractivity contribution in [1.82, 2.24) is 0 Å². The smallest absolute Gasteiger partial charge is 0.339 e. The molecule has 172 valence electrons. The number of aliphatic hydroxyl groups is 1. The number of hydrogen-bond acceptors (Lipinski definition) is 6. The van der Waals surface area contributed by atoms with Crippen LogP contribution in [0.3, 0.4) is 0 Å². The minimum absolute atomic E-state index is 0.0440. The number of methoxy groups -OCH3 is 1. The van der Waals surface area contributed by atoms with Crippen LogP contribution in [0, 0.1) is 5.92 Å². The third kappa shape index (κ3) is 4.80. The lowest BCUT2D eigenvalue weighted by atomic mass is 9.78. The fourth-order valence-corrected chi connectivity index (χ4v) is 4.57. The van der Waals surface area contributed by atoms with E-state index in [-0.39, 0.29) is 18.4 Å². The van der Waals surface area contributed by atoms with Gasteiger partial charge in [-0.25, -0.2) is 4.79 Å². The van der Waals surface area contributed by atoms with Gasteiger partial charge in [-0.05, 0) is 63.3 Å². The Balaban J connectivity index is 2.15. The molecule has 0 radical (unpaired) electrons. The maximum Gasteiger partial charge on any atom is 0.339 e. The molecular weight excluding hydrogens is 408 g/mol. The Labute approximate surface area is 189 Å². The largest absolute Gasteiger partial charge is 0.497 e. The summed E-state index contributed by atoms with van der Waals surface area (Å²) in [6.07, 6.45) is -0.768. The van der Waals surface area contributed by atoms with E-state index < -0.39 is 35.5 Å². The first-order chi connectivity index (χ1) is 15.2. The van der Waals surface area contributed by atoms with Crippen molar-refractivity contribution >= 4 is 11.9 Å². The highest BCUT2D eigenvalue weighted by molar-refractivity contribution is 5.90. The molecule has 2 aromatic carbocycles. The summed E-state index contributed by atoms with van der Waals surface area (Å²) in [6, 6.07) is 17.0. The fourth-order valence-electron chi connectivity index (χ4n) is 4.57. The quantitative estimate of drug-likeness (QED) is 0.650. The van der Waals surface area contributed by atoms with Crippen LogP contribution >= 0.6 is 0 Å². The third-order valence-electron chi connectivity index (χ3n) is 5.87. The van der Waals surface area contributed by atoms with Gasteiger partial charge in [0.05, 0.1) is 19.3 Å². The van der Waals surface area contributed by atoms with Crippen molar-refractivity contribution in [2.45, 2.75) is 63.8 Å². The predicted octanol–water partition coefficient (Wildman–Crippen LogP) is 4.22. The lowest BCUT2D eigenvalue weighted by Crippen LogP contribution is -2.49. The van der Waals surface area contributed by atoms with Gasteiger partial charge in [0.15, 0.2) is 5.60 Å². The van der Waals surface area contributed by atoms with Crippen LogP contribution in [-0.2, 0) is 19.1 Å². The van der Waals surface area contributed by atoms with E-state index in [4.69, 9.17) is 14.2 Å². The zero-order valence-corrected chi connectivity index (χ0v) is 19.3. The van der Waals surface area contributed by atoms with Crippen LogP contribution in [0.5, 0.6) is 5.75 Å². The second kappa shape index (κ2) is 9.74. The highest BCUT2D eigenvalue weighted by Crippen LogP contribution is 2.55. The van der Waals surface area contributed by atoms with Gasteiger partial charge < -0.3 is 19.3 Å². The standard InChI is InChI=1S/C26H32O6/c1-16(2)31-24(27)23-22(19-9-7-6-8-10-19)21(18-11-13-20(30-5)14-12-18)15-26(23,29)25(28)32-17(3)4/h6-14,16-17,21-23,29H,15H2,1-5H3/t21-,22+,23+,26+/m0/s1. The van der Waals surface area contributed by atoms with E-state index in [0.29, 0.717) is 5.75 Å². The van der Waals surface area contributed by atoms with E-state index in [1.165, 1.54) is 0 Å². The summed E-state index contributed by atoms with van der Waals surface area (Å²) in [5.41, 5.74) is -0.260. The average molecular weight is 441 g/mol. The van der Waals surface area contributed by atoms with Crippen molar-refractivity contribution in [2.24, 2.45) is 5.92 Å². The molecule has 1 saturated carbocycles. The van der Waals surface area contributed by atoms with Gasteiger partial charge in [-0.15, -0.1) is 0 Å². The summed E-state index contributed by atoms with van der Waals surface area (Å²) >= 11 is 0. The molecule has 6 nitrogen and oxygen atoms in total. The minimum atomic E-state index is -2.01. The summed E-state index contributed by atoms with van der Waals surface area (Å²) in [6.45, 7) is 6.92. The Kier molecular flexibility index (Phi) is 7.24. The van der Waals surface area contributed by atoms with Gasteiger partial charge in [0.1, 0.15) is 11.7 Å². The zero-order chi connectivity index (χ0) is 23.5. The molecule has 0 saturated heterocycles. The number of carbonyl (C=O) groups excluding carboxylic acids is 2. The van der Waals surface area contributed by atoms with Crippen LogP contribution in [0.15, 0.2) is 54.6 Å². The molecule has 6 heteroatoms. The Hall–Kier alpha value is -2.86. The molecule has 0 amide bonds. The lowest BCUT2D eigenvalue weighted by Gasteiger charge is -2.30. The molecule has 0 aliphatic heterocycles. The number of rotatable bonds is 7. The van der Waals surface area contributed by atoms with Crippen molar-refractivity contribution < 1.29 is 28.9 Å². The van der Waals surface area contributed by atoms with Crippen LogP contribution in [0.1, 0.15) is 57.1 Å². The van der Waals surface area contributed by atoms with Gasteiger partial charge in [-0.3, -0.25) is 4.79 Å². The van der Waals surface area contributed by atoms with Gasteiger partial charge in [0.2, 0.25) is 0 Å². The third-order valence-corrected chi connectivity index (χ3v) is 5.87. The molecule has 0 bridgehead atoms. The molecule has 3 rings (SSSR count). The number of carbonyl (C=O) groups is 2.